The lowest BCUT2D eigenvalue weighted by atomic mass is 9.89. The van der Waals surface area contributed by atoms with E-state index in [2.05, 4.69) is 10.5 Å². The fourth-order valence-electron chi connectivity index (χ4n) is 4.02. The van der Waals surface area contributed by atoms with E-state index in [-0.39, 0.29) is 0 Å². The maximum Gasteiger partial charge on any atom is 0.243 e. The molecular weight excluding hydrogens is 338 g/mol. The molecule has 6 nitrogen and oxygen atoms in total. The first kappa shape index (κ1) is 16.8. The number of piperidine rings is 1. The molecule has 2 aliphatic heterocycles. The summed E-state index contributed by atoms with van der Waals surface area (Å²) in [5.74, 6) is 1.06. The number of hydrogen-bond acceptors (Lipinski definition) is 5. The van der Waals surface area contributed by atoms with Crippen molar-refractivity contribution in [3.63, 3.8) is 0 Å². The highest BCUT2D eigenvalue weighted by Gasteiger charge is 2.34. The van der Waals surface area contributed by atoms with Crippen LogP contribution in [0.3, 0.4) is 0 Å². The van der Waals surface area contributed by atoms with Gasteiger partial charge in [-0.1, -0.05) is 17.3 Å². The Hall–Kier alpha value is -1.70. The van der Waals surface area contributed by atoms with Gasteiger partial charge in [-0.25, -0.2) is 8.42 Å². The Kier molecular flexibility index (Phi) is 4.62. The van der Waals surface area contributed by atoms with Crippen molar-refractivity contribution in [1.82, 2.24) is 14.8 Å². The quantitative estimate of drug-likeness (QED) is 0.905. The third kappa shape index (κ3) is 3.23. The summed E-state index contributed by atoms with van der Waals surface area (Å²) < 4.78 is 33.2. The molecule has 0 spiro atoms. The van der Waals surface area contributed by atoms with Gasteiger partial charge in [-0.2, -0.15) is 4.31 Å². The molecule has 1 aromatic heterocycles. The summed E-state index contributed by atoms with van der Waals surface area (Å²) in [5, 5.41) is 7.25. The third-order valence-corrected chi connectivity index (χ3v) is 7.33. The molecule has 2 saturated heterocycles. The summed E-state index contributed by atoms with van der Waals surface area (Å²) in [7, 11) is -3.54. The van der Waals surface area contributed by atoms with E-state index in [1.54, 1.807) is 28.6 Å². The first-order valence-corrected chi connectivity index (χ1v) is 10.3. The number of nitrogens with zero attached hydrogens (tertiary/aromatic N) is 2. The molecule has 2 fully saturated rings. The Morgan fingerprint density at radius 2 is 1.92 bits per heavy atom. The van der Waals surface area contributed by atoms with Crippen LogP contribution in [-0.2, 0) is 10.0 Å². The van der Waals surface area contributed by atoms with Crippen LogP contribution in [0.5, 0.6) is 0 Å². The van der Waals surface area contributed by atoms with E-state index in [0.717, 1.165) is 19.4 Å². The monoisotopic (exact) mass is 361 g/mol. The number of hydrogen-bond donors (Lipinski definition) is 1. The molecule has 25 heavy (non-hydrogen) atoms. The van der Waals surface area contributed by atoms with Gasteiger partial charge >= 0.3 is 0 Å². The van der Waals surface area contributed by atoms with Crippen LogP contribution in [-0.4, -0.2) is 43.6 Å². The summed E-state index contributed by atoms with van der Waals surface area (Å²) in [6.07, 6.45) is 5.81. The van der Waals surface area contributed by atoms with Crippen LogP contribution in [0.1, 0.15) is 25.7 Å². The van der Waals surface area contributed by atoms with Gasteiger partial charge in [0.15, 0.2) is 5.76 Å². The minimum atomic E-state index is -3.54. The molecule has 1 N–H and O–H groups in total. The van der Waals surface area contributed by atoms with Gasteiger partial charge < -0.3 is 9.84 Å². The minimum Gasteiger partial charge on any atom is -0.356 e. The summed E-state index contributed by atoms with van der Waals surface area (Å²) in [6, 6.07) is 9.23. The van der Waals surface area contributed by atoms with E-state index in [0.29, 0.717) is 41.3 Å². The molecule has 134 valence electrons. The van der Waals surface area contributed by atoms with Crippen molar-refractivity contribution >= 4 is 10.0 Å². The van der Waals surface area contributed by atoms with Gasteiger partial charge in [-0.15, -0.1) is 0 Å². The largest absolute Gasteiger partial charge is 0.356 e. The van der Waals surface area contributed by atoms with E-state index >= 15 is 0 Å². The normalized spacial score (nSPS) is 23.1. The van der Waals surface area contributed by atoms with Gasteiger partial charge in [0.2, 0.25) is 10.0 Å². The molecule has 1 aromatic carbocycles. The maximum absolute atomic E-state index is 13.2. The zero-order valence-electron chi connectivity index (χ0n) is 14.1. The summed E-state index contributed by atoms with van der Waals surface area (Å²) in [4.78, 5) is 0.296. The number of benzene rings is 1. The Morgan fingerprint density at radius 3 is 2.60 bits per heavy atom. The highest BCUT2D eigenvalue weighted by molar-refractivity contribution is 7.89. The highest BCUT2D eigenvalue weighted by Crippen LogP contribution is 2.32. The van der Waals surface area contributed by atoms with E-state index in [1.165, 1.54) is 19.0 Å². The van der Waals surface area contributed by atoms with Crippen LogP contribution in [0, 0.1) is 5.92 Å². The van der Waals surface area contributed by atoms with Crippen molar-refractivity contribution in [2.24, 2.45) is 5.92 Å². The SMILES string of the molecule is O=S(=O)(c1ccccc1-c1ccno1)N1CCC(C2CCCN2)CC1. The molecule has 2 aliphatic rings. The van der Waals surface area contributed by atoms with Crippen molar-refractivity contribution in [3.8, 4) is 11.3 Å². The summed E-state index contributed by atoms with van der Waals surface area (Å²) in [6.45, 7) is 2.25. The topological polar surface area (TPSA) is 75.4 Å². The molecule has 1 atom stereocenters. The van der Waals surface area contributed by atoms with Crippen molar-refractivity contribution in [2.45, 2.75) is 36.6 Å². The van der Waals surface area contributed by atoms with Gasteiger partial charge in [0, 0.05) is 30.8 Å². The van der Waals surface area contributed by atoms with Crippen LogP contribution >= 0.6 is 0 Å². The lowest BCUT2D eigenvalue weighted by Crippen LogP contribution is -2.43. The molecule has 0 bridgehead atoms. The molecule has 0 aliphatic carbocycles. The van der Waals surface area contributed by atoms with Crippen molar-refractivity contribution in [2.75, 3.05) is 19.6 Å². The number of nitrogens with one attached hydrogen (secondary N) is 1. The lowest BCUT2D eigenvalue weighted by molar-refractivity contribution is 0.234. The number of rotatable bonds is 4. The molecule has 0 saturated carbocycles. The molecule has 0 amide bonds. The van der Waals surface area contributed by atoms with Crippen molar-refractivity contribution < 1.29 is 12.9 Å². The van der Waals surface area contributed by atoms with Crippen LogP contribution in [0.25, 0.3) is 11.3 Å². The lowest BCUT2D eigenvalue weighted by Gasteiger charge is -2.34. The molecule has 0 radical (unpaired) electrons. The predicted molar refractivity (Wildman–Crippen MR) is 94.4 cm³/mol. The van der Waals surface area contributed by atoms with Gasteiger partial charge in [0.1, 0.15) is 0 Å². The highest BCUT2D eigenvalue weighted by atomic mass is 32.2. The maximum atomic E-state index is 13.2. The standard InChI is InChI=1S/C18H23N3O3S/c22-25(23,18-6-2-1-4-15(18)17-7-11-20-24-17)21-12-8-14(9-13-21)16-5-3-10-19-16/h1-2,4,6-7,11,14,16,19H,3,5,8-10,12-13H2. The molecule has 1 unspecified atom stereocenters. The smallest absolute Gasteiger partial charge is 0.243 e. The Labute approximate surface area is 148 Å². The third-order valence-electron chi connectivity index (χ3n) is 5.37. The average molecular weight is 361 g/mol. The zero-order chi connectivity index (χ0) is 17.3. The first-order chi connectivity index (χ1) is 12.2. The van der Waals surface area contributed by atoms with Gasteiger partial charge in [0.25, 0.3) is 0 Å². The van der Waals surface area contributed by atoms with Crippen LogP contribution in [0.2, 0.25) is 0 Å². The van der Waals surface area contributed by atoms with Gasteiger partial charge in [0.05, 0.1) is 11.1 Å². The van der Waals surface area contributed by atoms with Crippen LogP contribution in [0.15, 0.2) is 45.9 Å². The molecular formula is C18H23N3O3S. The van der Waals surface area contributed by atoms with Gasteiger partial charge in [-0.05, 0) is 50.3 Å². The Morgan fingerprint density at radius 1 is 1.12 bits per heavy atom. The van der Waals surface area contributed by atoms with Crippen molar-refractivity contribution in [3.05, 3.63) is 36.5 Å². The summed E-state index contributed by atoms with van der Waals surface area (Å²) >= 11 is 0. The fraction of sp³-hybridized carbons (Fsp3) is 0.500. The number of sulfonamides is 1. The second kappa shape index (κ2) is 6.90. The minimum absolute atomic E-state index is 0.296. The second-order valence-electron chi connectivity index (χ2n) is 6.82. The van der Waals surface area contributed by atoms with Crippen molar-refractivity contribution in [1.29, 1.82) is 0 Å². The molecule has 3 heterocycles. The van der Waals surface area contributed by atoms with E-state index in [9.17, 15) is 8.42 Å². The zero-order valence-corrected chi connectivity index (χ0v) is 14.9. The fourth-order valence-corrected chi connectivity index (χ4v) is 5.69. The molecule has 4 rings (SSSR count). The molecule has 7 heteroatoms. The number of aromatic nitrogens is 1. The van der Waals surface area contributed by atoms with E-state index in [1.807, 2.05) is 6.07 Å². The Balaban J connectivity index is 1.55. The van der Waals surface area contributed by atoms with Crippen LogP contribution < -0.4 is 5.32 Å². The van der Waals surface area contributed by atoms with Crippen LogP contribution in [0.4, 0.5) is 0 Å². The second-order valence-corrected chi connectivity index (χ2v) is 8.72. The average Bonchev–Trinajstić information content (AvgIpc) is 3.36. The molecule has 2 aromatic rings. The first-order valence-electron chi connectivity index (χ1n) is 8.90. The summed E-state index contributed by atoms with van der Waals surface area (Å²) in [5.41, 5.74) is 0.569. The van der Waals surface area contributed by atoms with E-state index in [4.69, 9.17) is 4.52 Å². The Bertz CT molecular complexity index is 806. The predicted octanol–water partition coefficient (Wildman–Crippen LogP) is 2.49. The van der Waals surface area contributed by atoms with E-state index < -0.39 is 10.0 Å². The van der Waals surface area contributed by atoms with Gasteiger partial charge in [-0.3, -0.25) is 0 Å².